The molecule has 0 aliphatic rings. The lowest BCUT2D eigenvalue weighted by Crippen LogP contribution is -1.94. The van der Waals surface area contributed by atoms with E-state index in [4.69, 9.17) is 0 Å². The third-order valence-electron chi connectivity index (χ3n) is 7.41. The fourth-order valence-electron chi connectivity index (χ4n) is 4.67. The van der Waals surface area contributed by atoms with E-state index in [-0.39, 0.29) is 0 Å². The van der Waals surface area contributed by atoms with E-state index in [1.54, 1.807) is 18.7 Å². The van der Waals surface area contributed by atoms with Crippen LogP contribution in [0.1, 0.15) is 16.7 Å². The van der Waals surface area contributed by atoms with E-state index in [0.29, 0.717) is 0 Å². The average molecular weight is 683 g/mol. The molecule has 0 fully saturated rings. The molecule has 0 atom stereocenters. The number of benzene rings is 4. The van der Waals surface area contributed by atoms with E-state index < -0.39 is 0 Å². The molecule has 16 nitrogen and oxygen atoms in total. The summed E-state index contributed by atoms with van der Waals surface area (Å²) in [6, 6.07) is 34.2. The van der Waals surface area contributed by atoms with Crippen LogP contribution in [0.15, 0.2) is 103 Å². The molecule has 0 saturated carbocycles. The lowest BCUT2D eigenvalue weighted by molar-refractivity contribution is 0.714. The van der Waals surface area contributed by atoms with Crippen molar-refractivity contribution in [3.05, 3.63) is 120 Å². The number of hydrogen-bond donors (Lipinski definition) is 0. The van der Waals surface area contributed by atoms with E-state index in [0.717, 1.165) is 45.6 Å². The van der Waals surface area contributed by atoms with Crippen LogP contribution in [0.3, 0.4) is 0 Å². The fourth-order valence-corrected chi connectivity index (χ4v) is 4.67. The van der Waals surface area contributed by atoms with Gasteiger partial charge in [-0.25, -0.2) is 18.7 Å². The van der Waals surface area contributed by atoms with Gasteiger partial charge in [-0.05, 0) is 68.5 Å². The maximum Gasteiger partial charge on any atom is 0.181 e. The van der Waals surface area contributed by atoms with E-state index in [2.05, 4.69) is 82.0 Å². The highest BCUT2D eigenvalue weighted by molar-refractivity contribution is 5.56. The quantitative estimate of drug-likeness (QED) is 0.256. The Morgan fingerprint density at radius 3 is 1.00 bits per heavy atom. The van der Waals surface area contributed by atoms with Gasteiger partial charge in [0.15, 0.2) is 23.3 Å². The minimum Gasteiger partial charge on any atom is -0.229 e. The van der Waals surface area contributed by atoms with Crippen molar-refractivity contribution in [2.75, 3.05) is 0 Å². The van der Waals surface area contributed by atoms with Crippen LogP contribution in [-0.4, -0.2) is 80.8 Å². The van der Waals surface area contributed by atoms with Gasteiger partial charge in [-0.15, -0.1) is 20.4 Å². The molecule has 258 valence electrons. The molecule has 8 rings (SSSR count). The molecule has 0 amide bonds. The summed E-state index contributed by atoms with van der Waals surface area (Å²) in [7, 11) is 7.31. The molecule has 0 spiro atoms. The molecule has 4 aromatic carbocycles. The van der Waals surface area contributed by atoms with Gasteiger partial charge in [-0.3, -0.25) is 0 Å². The number of tetrazole rings is 4. The van der Waals surface area contributed by atoms with E-state index in [9.17, 15) is 0 Å². The van der Waals surface area contributed by atoms with Crippen LogP contribution in [0.2, 0.25) is 0 Å². The van der Waals surface area contributed by atoms with Crippen molar-refractivity contribution in [1.82, 2.24) is 80.8 Å². The Morgan fingerprint density at radius 2 is 0.667 bits per heavy atom. The molecular weight excluding hydrogens is 644 g/mol. The maximum absolute atomic E-state index is 3.93. The highest BCUT2D eigenvalue weighted by Crippen LogP contribution is 2.17. The molecule has 0 unspecified atom stereocenters. The van der Waals surface area contributed by atoms with Crippen LogP contribution in [0.5, 0.6) is 0 Å². The zero-order chi connectivity index (χ0) is 36.2. The monoisotopic (exact) mass is 682 g/mol. The van der Waals surface area contributed by atoms with Crippen molar-refractivity contribution >= 4 is 0 Å². The van der Waals surface area contributed by atoms with E-state index in [1.807, 2.05) is 132 Å². The largest absolute Gasteiger partial charge is 0.229 e. The standard InChI is InChI=1S/3C9H10N4.C8H8N4/c2*1-7-3-5-8(6-4-7)9-10-11-12-13(9)2;1-7-4-3-5-8(6-7)9-10-11-12-13(9)2;1-12-8(9-10-11-12)7-5-3-2-4-6-7/h3*3-6H,1-2H3;2-6H,1H3. The Morgan fingerprint density at radius 1 is 0.333 bits per heavy atom. The summed E-state index contributed by atoms with van der Waals surface area (Å²) < 4.78 is 6.62. The SMILES string of the molecule is Cc1ccc(-c2nnnn2C)cc1.Cc1ccc(-c2nnnn2C)cc1.Cc1cccc(-c2nnnn2C)c1.Cn1nnnc1-c1ccccc1. The summed E-state index contributed by atoms with van der Waals surface area (Å²) in [6.45, 7) is 6.16. The Hall–Kier alpha value is -6.84. The predicted molar refractivity (Wildman–Crippen MR) is 191 cm³/mol. The first kappa shape index (κ1) is 35.5. The highest BCUT2D eigenvalue weighted by atomic mass is 15.5. The minimum atomic E-state index is 0.788. The van der Waals surface area contributed by atoms with E-state index in [1.165, 1.54) is 16.7 Å². The average Bonchev–Trinajstić information content (AvgIpc) is 3.96. The van der Waals surface area contributed by atoms with Crippen molar-refractivity contribution in [2.24, 2.45) is 28.2 Å². The number of aryl methyl sites for hydroxylation is 7. The summed E-state index contributed by atoms with van der Waals surface area (Å²) in [5.74, 6) is 3.17. The Labute approximate surface area is 294 Å². The van der Waals surface area contributed by atoms with Crippen LogP contribution >= 0.6 is 0 Å². The Balaban J connectivity index is 0.000000132. The maximum atomic E-state index is 3.93. The summed E-state index contributed by atoms with van der Waals surface area (Å²) in [5.41, 5.74) is 7.84. The van der Waals surface area contributed by atoms with Crippen molar-refractivity contribution in [3.63, 3.8) is 0 Å². The zero-order valence-corrected chi connectivity index (χ0v) is 29.5. The lowest BCUT2D eigenvalue weighted by Gasteiger charge is -1.99. The first-order valence-corrected chi connectivity index (χ1v) is 15.9. The van der Waals surface area contributed by atoms with Gasteiger partial charge in [0.25, 0.3) is 0 Å². The van der Waals surface area contributed by atoms with Crippen LogP contribution in [-0.2, 0) is 28.2 Å². The topological polar surface area (TPSA) is 174 Å². The smallest absolute Gasteiger partial charge is 0.181 e. The predicted octanol–water partition coefficient (Wildman–Crippen LogP) is 4.43. The third kappa shape index (κ3) is 9.62. The molecule has 0 aliphatic carbocycles. The zero-order valence-electron chi connectivity index (χ0n) is 29.5. The minimum absolute atomic E-state index is 0.788. The van der Waals surface area contributed by atoms with Crippen LogP contribution in [0.25, 0.3) is 45.6 Å². The van der Waals surface area contributed by atoms with Crippen molar-refractivity contribution in [2.45, 2.75) is 20.8 Å². The molecular formula is C35H38N16. The second-order valence-electron chi connectivity index (χ2n) is 11.5. The summed E-state index contributed by atoms with van der Waals surface area (Å²) in [6.07, 6.45) is 0. The molecule has 0 aliphatic heterocycles. The van der Waals surface area contributed by atoms with Crippen molar-refractivity contribution in [1.29, 1.82) is 0 Å². The molecule has 0 saturated heterocycles. The van der Waals surface area contributed by atoms with Gasteiger partial charge in [0, 0.05) is 50.4 Å². The number of nitrogens with zero attached hydrogens (tertiary/aromatic N) is 16. The van der Waals surface area contributed by atoms with Gasteiger partial charge in [-0.1, -0.05) is 114 Å². The number of aromatic nitrogens is 16. The first-order chi connectivity index (χ1) is 24.7. The molecule has 51 heavy (non-hydrogen) atoms. The van der Waals surface area contributed by atoms with Crippen LogP contribution in [0.4, 0.5) is 0 Å². The van der Waals surface area contributed by atoms with Crippen LogP contribution in [0, 0.1) is 20.8 Å². The second kappa shape index (κ2) is 17.0. The van der Waals surface area contributed by atoms with Gasteiger partial charge in [0.05, 0.1) is 0 Å². The lowest BCUT2D eigenvalue weighted by atomic mass is 10.1. The van der Waals surface area contributed by atoms with Gasteiger partial charge in [0.1, 0.15) is 0 Å². The normalized spacial score (nSPS) is 10.3. The van der Waals surface area contributed by atoms with Crippen LogP contribution < -0.4 is 0 Å². The second-order valence-corrected chi connectivity index (χ2v) is 11.5. The van der Waals surface area contributed by atoms with Gasteiger partial charge < -0.3 is 0 Å². The first-order valence-electron chi connectivity index (χ1n) is 15.9. The van der Waals surface area contributed by atoms with E-state index >= 15 is 0 Å². The molecule has 4 aromatic heterocycles. The molecule has 16 heteroatoms. The number of hydrogen-bond acceptors (Lipinski definition) is 12. The summed E-state index contributed by atoms with van der Waals surface area (Å²) in [5, 5.41) is 45.0. The molecule has 0 N–H and O–H groups in total. The van der Waals surface area contributed by atoms with Crippen molar-refractivity contribution in [3.8, 4) is 45.6 Å². The number of rotatable bonds is 4. The third-order valence-corrected chi connectivity index (χ3v) is 7.41. The summed E-state index contributed by atoms with van der Waals surface area (Å²) >= 11 is 0. The summed E-state index contributed by atoms with van der Waals surface area (Å²) in [4.78, 5) is 0. The molecule has 0 bridgehead atoms. The molecule has 4 heterocycles. The van der Waals surface area contributed by atoms with Gasteiger partial charge in [-0.2, -0.15) is 0 Å². The molecule has 0 radical (unpaired) electrons. The van der Waals surface area contributed by atoms with Gasteiger partial charge >= 0.3 is 0 Å². The highest BCUT2D eigenvalue weighted by Gasteiger charge is 2.06. The molecule has 8 aromatic rings. The van der Waals surface area contributed by atoms with Crippen molar-refractivity contribution < 1.29 is 0 Å². The van der Waals surface area contributed by atoms with Gasteiger partial charge in [0.2, 0.25) is 0 Å². The fraction of sp³-hybridized carbons (Fsp3) is 0.200. The Kier molecular flexibility index (Phi) is 11.8. The Bertz CT molecular complexity index is 2150.